The summed E-state index contributed by atoms with van der Waals surface area (Å²) in [5, 5.41) is 9.08. The number of halogens is 1. The Morgan fingerprint density at radius 1 is 1.33 bits per heavy atom. The van der Waals surface area contributed by atoms with E-state index in [-0.39, 0.29) is 5.82 Å². The Labute approximate surface area is 108 Å². The molecule has 0 N–H and O–H groups in total. The minimum absolute atomic E-state index is 0.263. The van der Waals surface area contributed by atoms with E-state index in [1.54, 1.807) is 6.07 Å². The summed E-state index contributed by atoms with van der Waals surface area (Å²) in [5.41, 5.74) is 1.39. The van der Waals surface area contributed by atoms with Crippen LogP contribution in [0.25, 0.3) is 0 Å². The van der Waals surface area contributed by atoms with Gasteiger partial charge in [-0.05, 0) is 50.5 Å². The molecule has 1 aliphatic rings. The van der Waals surface area contributed by atoms with Gasteiger partial charge in [0.05, 0.1) is 11.6 Å². The van der Waals surface area contributed by atoms with Crippen LogP contribution in [0.1, 0.15) is 44.2 Å². The van der Waals surface area contributed by atoms with Crippen LogP contribution in [0, 0.1) is 17.1 Å². The van der Waals surface area contributed by atoms with Crippen molar-refractivity contribution in [1.29, 1.82) is 5.26 Å². The van der Waals surface area contributed by atoms with E-state index in [1.165, 1.54) is 31.4 Å². The second-order valence-electron chi connectivity index (χ2n) is 5.21. The standard InChI is InChI=1S/C15H19FN2/c1-11-4-3-5-12(2)18(11)10-14-8-15(16)7-6-13(14)9-17/h6-8,11-12H,3-5,10H2,1-2H3. The van der Waals surface area contributed by atoms with E-state index in [9.17, 15) is 4.39 Å². The molecular formula is C15H19FN2. The molecule has 1 heterocycles. The molecule has 0 radical (unpaired) electrons. The minimum atomic E-state index is -0.263. The van der Waals surface area contributed by atoms with Gasteiger partial charge in [-0.25, -0.2) is 4.39 Å². The second kappa shape index (κ2) is 5.49. The van der Waals surface area contributed by atoms with E-state index in [4.69, 9.17) is 5.26 Å². The van der Waals surface area contributed by atoms with Crippen molar-refractivity contribution in [3.8, 4) is 6.07 Å². The Balaban J connectivity index is 2.22. The number of piperidine rings is 1. The molecule has 2 unspecified atom stereocenters. The molecular weight excluding hydrogens is 227 g/mol. The van der Waals surface area contributed by atoms with Crippen molar-refractivity contribution in [3.63, 3.8) is 0 Å². The summed E-state index contributed by atoms with van der Waals surface area (Å²) in [6.45, 7) is 5.09. The number of hydrogen-bond donors (Lipinski definition) is 0. The number of nitriles is 1. The molecule has 0 amide bonds. The Morgan fingerprint density at radius 3 is 2.61 bits per heavy atom. The molecule has 2 rings (SSSR count). The Kier molecular flexibility index (Phi) is 3.98. The van der Waals surface area contributed by atoms with Crippen molar-refractivity contribution in [3.05, 3.63) is 35.1 Å². The average molecular weight is 246 g/mol. The molecule has 96 valence electrons. The lowest BCUT2D eigenvalue weighted by Crippen LogP contribution is -2.43. The van der Waals surface area contributed by atoms with Gasteiger partial charge in [0.25, 0.3) is 0 Å². The van der Waals surface area contributed by atoms with Gasteiger partial charge in [-0.2, -0.15) is 5.26 Å². The summed E-state index contributed by atoms with van der Waals surface area (Å²) in [6, 6.07) is 7.57. The third-order valence-corrected chi connectivity index (χ3v) is 3.92. The van der Waals surface area contributed by atoms with E-state index < -0.39 is 0 Å². The maximum Gasteiger partial charge on any atom is 0.123 e. The van der Waals surface area contributed by atoms with Gasteiger partial charge in [0, 0.05) is 18.6 Å². The Morgan fingerprint density at radius 2 is 2.00 bits per heavy atom. The van der Waals surface area contributed by atoms with Crippen molar-refractivity contribution in [2.24, 2.45) is 0 Å². The van der Waals surface area contributed by atoms with E-state index in [1.807, 2.05) is 0 Å². The Hall–Kier alpha value is -1.40. The maximum atomic E-state index is 13.3. The summed E-state index contributed by atoms with van der Waals surface area (Å²) >= 11 is 0. The van der Waals surface area contributed by atoms with Gasteiger partial charge in [-0.3, -0.25) is 4.90 Å². The highest BCUT2D eigenvalue weighted by molar-refractivity contribution is 5.37. The maximum absolute atomic E-state index is 13.3. The predicted octanol–water partition coefficient (Wildman–Crippen LogP) is 3.46. The molecule has 0 aliphatic carbocycles. The molecule has 0 saturated carbocycles. The van der Waals surface area contributed by atoms with Crippen LogP contribution in [0.15, 0.2) is 18.2 Å². The molecule has 0 spiro atoms. The molecule has 1 aromatic rings. The molecule has 1 aromatic carbocycles. The monoisotopic (exact) mass is 246 g/mol. The molecule has 0 bridgehead atoms. The smallest absolute Gasteiger partial charge is 0.123 e. The van der Waals surface area contributed by atoms with Crippen molar-refractivity contribution in [2.75, 3.05) is 0 Å². The van der Waals surface area contributed by atoms with Crippen LogP contribution in [-0.2, 0) is 6.54 Å². The lowest BCUT2D eigenvalue weighted by atomic mass is 9.96. The fraction of sp³-hybridized carbons (Fsp3) is 0.533. The van der Waals surface area contributed by atoms with Gasteiger partial charge >= 0.3 is 0 Å². The fourth-order valence-corrected chi connectivity index (χ4v) is 2.79. The van der Waals surface area contributed by atoms with Crippen LogP contribution in [0.3, 0.4) is 0 Å². The number of nitrogens with zero attached hydrogens (tertiary/aromatic N) is 2. The highest BCUT2D eigenvalue weighted by Gasteiger charge is 2.25. The lowest BCUT2D eigenvalue weighted by Gasteiger charge is -2.39. The lowest BCUT2D eigenvalue weighted by molar-refractivity contribution is 0.0951. The first-order valence-corrected chi connectivity index (χ1v) is 6.56. The summed E-state index contributed by atoms with van der Waals surface area (Å²) in [4.78, 5) is 2.37. The summed E-state index contributed by atoms with van der Waals surface area (Å²) < 4.78 is 13.3. The van der Waals surface area contributed by atoms with Crippen molar-refractivity contribution >= 4 is 0 Å². The third kappa shape index (κ3) is 2.70. The summed E-state index contributed by atoms with van der Waals surface area (Å²) in [7, 11) is 0. The van der Waals surface area contributed by atoms with Crippen LogP contribution < -0.4 is 0 Å². The van der Waals surface area contributed by atoms with Gasteiger partial charge in [0.1, 0.15) is 5.82 Å². The van der Waals surface area contributed by atoms with Crippen molar-refractivity contribution < 1.29 is 4.39 Å². The zero-order valence-electron chi connectivity index (χ0n) is 11.0. The molecule has 1 aliphatic heterocycles. The zero-order valence-corrected chi connectivity index (χ0v) is 11.0. The fourth-order valence-electron chi connectivity index (χ4n) is 2.79. The Bertz CT molecular complexity index is 454. The van der Waals surface area contributed by atoms with Gasteiger partial charge in [0.2, 0.25) is 0 Å². The molecule has 18 heavy (non-hydrogen) atoms. The summed E-state index contributed by atoms with van der Waals surface area (Å²) in [5.74, 6) is -0.263. The molecule has 1 fully saturated rings. The highest BCUT2D eigenvalue weighted by atomic mass is 19.1. The molecule has 2 nitrogen and oxygen atoms in total. The third-order valence-electron chi connectivity index (χ3n) is 3.92. The van der Waals surface area contributed by atoms with Gasteiger partial charge < -0.3 is 0 Å². The van der Waals surface area contributed by atoms with Crippen LogP contribution in [0.4, 0.5) is 4.39 Å². The molecule has 1 saturated heterocycles. The molecule has 3 heteroatoms. The first-order chi connectivity index (χ1) is 8.61. The first kappa shape index (κ1) is 13.0. The normalized spacial score (nSPS) is 24.8. The van der Waals surface area contributed by atoms with E-state index in [0.29, 0.717) is 24.2 Å². The van der Waals surface area contributed by atoms with Crippen molar-refractivity contribution in [1.82, 2.24) is 4.90 Å². The second-order valence-corrected chi connectivity index (χ2v) is 5.21. The minimum Gasteiger partial charge on any atom is -0.294 e. The number of rotatable bonds is 2. The van der Waals surface area contributed by atoms with Crippen LogP contribution >= 0.6 is 0 Å². The summed E-state index contributed by atoms with van der Waals surface area (Å²) in [6.07, 6.45) is 3.62. The van der Waals surface area contributed by atoms with Gasteiger partial charge in [0.15, 0.2) is 0 Å². The zero-order chi connectivity index (χ0) is 13.1. The van der Waals surface area contributed by atoms with Crippen LogP contribution in [0.2, 0.25) is 0 Å². The van der Waals surface area contributed by atoms with E-state index in [0.717, 1.165) is 5.56 Å². The largest absolute Gasteiger partial charge is 0.294 e. The van der Waals surface area contributed by atoms with E-state index >= 15 is 0 Å². The van der Waals surface area contributed by atoms with Gasteiger partial charge in [-0.15, -0.1) is 0 Å². The molecule has 0 aromatic heterocycles. The number of benzene rings is 1. The van der Waals surface area contributed by atoms with Gasteiger partial charge in [-0.1, -0.05) is 6.42 Å². The predicted molar refractivity (Wildman–Crippen MR) is 69.4 cm³/mol. The topological polar surface area (TPSA) is 27.0 Å². The first-order valence-electron chi connectivity index (χ1n) is 6.56. The quantitative estimate of drug-likeness (QED) is 0.799. The molecule has 2 atom stereocenters. The average Bonchev–Trinajstić information content (AvgIpc) is 2.34. The van der Waals surface area contributed by atoms with Crippen LogP contribution in [-0.4, -0.2) is 17.0 Å². The number of likely N-dealkylation sites (tertiary alicyclic amines) is 1. The van der Waals surface area contributed by atoms with E-state index in [2.05, 4.69) is 24.8 Å². The number of hydrogen-bond acceptors (Lipinski definition) is 2. The van der Waals surface area contributed by atoms with Crippen LogP contribution in [0.5, 0.6) is 0 Å². The highest BCUT2D eigenvalue weighted by Crippen LogP contribution is 2.25. The SMILES string of the molecule is CC1CCCC(C)N1Cc1cc(F)ccc1C#N. The van der Waals surface area contributed by atoms with Crippen molar-refractivity contribution in [2.45, 2.75) is 51.7 Å².